The number of carbonyl (C=O) groups is 2. The van der Waals surface area contributed by atoms with Gasteiger partial charge in [-0.25, -0.2) is 18.4 Å². The van der Waals surface area contributed by atoms with Gasteiger partial charge >= 0.3 is 31.5 Å². The van der Waals surface area contributed by atoms with Crippen molar-refractivity contribution in [2.45, 2.75) is 51.2 Å². The molecule has 0 atom stereocenters. The van der Waals surface area contributed by atoms with Crippen molar-refractivity contribution in [2.75, 3.05) is 23.7 Å². The van der Waals surface area contributed by atoms with Crippen LogP contribution in [0.4, 0.5) is 56.1 Å². The number of rotatable bonds is 5. The van der Waals surface area contributed by atoms with Crippen LogP contribution in [0.1, 0.15) is 27.7 Å². The maximum atomic E-state index is 14.1. The molecule has 4 N–H and O–H groups in total. The number of nitrogens with one attached hydrogen (secondary N) is 4. The average molecular weight is 633 g/mol. The number of anilines is 2. The second kappa shape index (κ2) is 13.3. The Bertz CT molecular complexity index is 1260. The lowest BCUT2D eigenvalue weighted by molar-refractivity contribution is -0.123. The Morgan fingerprint density at radius 2 is 1.17 bits per heavy atom. The fourth-order valence-corrected chi connectivity index (χ4v) is 3.24. The predicted octanol–water partition coefficient (Wildman–Crippen LogP) is 5.97. The Morgan fingerprint density at radius 1 is 0.762 bits per heavy atom. The molecule has 0 saturated carbocycles. The van der Waals surface area contributed by atoms with Crippen molar-refractivity contribution in [2.24, 2.45) is 0 Å². The van der Waals surface area contributed by atoms with Crippen molar-refractivity contribution in [1.29, 1.82) is 0 Å². The first-order chi connectivity index (χ1) is 19.1. The van der Waals surface area contributed by atoms with Crippen molar-refractivity contribution in [3.63, 3.8) is 0 Å². The summed E-state index contributed by atoms with van der Waals surface area (Å²) >= 11 is 5.42. The van der Waals surface area contributed by atoms with Crippen LogP contribution < -0.4 is 26.7 Å². The van der Waals surface area contributed by atoms with E-state index in [0.29, 0.717) is 0 Å². The van der Waals surface area contributed by atoms with Gasteiger partial charge in [-0.1, -0.05) is 11.6 Å². The minimum atomic E-state index is -4.52. The van der Waals surface area contributed by atoms with Gasteiger partial charge in [-0.3, -0.25) is 0 Å². The maximum Gasteiger partial charge on any atom is 0.497 e. The monoisotopic (exact) mass is 632 g/mol. The Kier molecular flexibility index (Phi) is 11.1. The summed E-state index contributed by atoms with van der Waals surface area (Å²) in [4.78, 5) is 22.5. The van der Waals surface area contributed by atoms with Crippen molar-refractivity contribution in [3.05, 3.63) is 53.1 Å². The zero-order chi connectivity index (χ0) is 32.1. The third-order valence-electron chi connectivity index (χ3n) is 5.84. The highest BCUT2D eigenvalue weighted by Crippen LogP contribution is 2.36. The molecule has 0 bridgehead atoms. The van der Waals surface area contributed by atoms with E-state index in [-0.39, 0.29) is 21.9 Å². The molecule has 2 aromatic rings. The number of carbonyl (C=O) groups excluding carboxylic acids is 2. The van der Waals surface area contributed by atoms with Crippen LogP contribution in [-0.4, -0.2) is 55.8 Å². The fraction of sp³-hybridized carbons (Fsp3) is 0.417. The summed E-state index contributed by atoms with van der Waals surface area (Å²) < 4.78 is 110. The normalized spacial score (nSPS) is 15.8. The molecule has 1 fully saturated rings. The molecule has 0 spiro atoms. The molecule has 8 nitrogen and oxygen atoms in total. The lowest BCUT2D eigenvalue weighted by atomic mass is 9.78. The number of halogens is 9. The smallest absolute Gasteiger partial charge is 0.399 e. The van der Waals surface area contributed by atoms with Crippen LogP contribution in [0.2, 0.25) is 5.02 Å². The van der Waals surface area contributed by atoms with E-state index < -0.39 is 67.5 Å². The fourth-order valence-electron chi connectivity index (χ4n) is 3.06. The van der Waals surface area contributed by atoms with Gasteiger partial charge in [0.1, 0.15) is 24.7 Å². The molecule has 1 aliphatic rings. The number of hydrogen-bond donors (Lipinski definition) is 4. The summed E-state index contributed by atoms with van der Waals surface area (Å²) in [5, 5.41) is 7.33. The highest BCUT2D eigenvalue weighted by atomic mass is 35.5. The van der Waals surface area contributed by atoms with E-state index >= 15 is 0 Å². The average Bonchev–Trinajstić information content (AvgIpc) is 3.06. The highest BCUT2D eigenvalue weighted by Gasteiger charge is 2.52. The van der Waals surface area contributed by atoms with Crippen molar-refractivity contribution in [3.8, 4) is 0 Å². The van der Waals surface area contributed by atoms with Gasteiger partial charge in [0.15, 0.2) is 0 Å². The summed E-state index contributed by atoms with van der Waals surface area (Å²) in [5.74, 6) is -1.30. The number of alkyl halides is 6. The summed E-state index contributed by atoms with van der Waals surface area (Å²) in [6.07, 6.45) is -9.01. The molecule has 0 unspecified atom stereocenters. The molecule has 1 heterocycles. The second-order valence-corrected chi connectivity index (χ2v) is 10.2. The van der Waals surface area contributed by atoms with Crippen molar-refractivity contribution >= 4 is 47.6 Å². The van der Waals surface area contributed by atoms with Gasteiger partial charge < -0.3 is 30.6 Å². The number of amides is 4. The molecule has 0 aliphatic carbocycles. The molecule has 4 amide bonds. The molecule has 1 aliphatic heterocycles. The van der Waals surface area contributed by atoms with Gasteiger partial charge in [0, 0.05) is 16.8 Å². The van der Waals surface area contributed by atoms with Gasteiger partial charge in [-0.05, 0) is 64.1 Å². The van der Waals surface area contributed by atoms with Crippen molar-refractivity contribution < 1.29 is 54.0 Å². The minimum absolute atomic E-state index is 0.0484. The lowest BCUT2D eigenvalue weighted by Crippen LogP contribution is -2.41. The van der Waals surface area contributed by atoms with Gasteiger partial charge in [0.25, 0.3) is 0 Å². The van der Waals surface area contributed by atoms with Crippen LogP contribution in [0.3, 0.4) is 0 Å². The van der Waals surface area contributed by atoms with Crippen LogP contribution in [0.5, 0.6) is 0 Å². The Balaban J connectivity index is 0.000000317. The summed E-state index contributed by atoms with van der Waals surface area (Å²) in [7, 11) is -0.995. The largest absolute Gasteiger partial charge is 0.497 e. The third kappa shape index (κ3) is 10.8. The topological polar surface area (TPSA) is 101 Å². The van der Waals surface area contributed by atoms with Gasteiger partial charge in [-0.2, -0.15) is 26.3 Å². The van der Waals surface area contributed by atoms with Crippen LogP contribution in [0.15, 0.2) is 36.4 Å². The second-order valence-electron chi connectivity index (χ2n) is 9.80. The molecule has 3 rings (SSSR count). The van der Waals surface area contributed by atoms with E-state index in [0.717, 1.165) is 18.2 Å². The van der Waals surface area contributed by atoms with Crippen LogP contribution in [0, 0.1) is 11.6 Å². The molecular formula is C24H26BClF8N4O4. The SMILES string of the molecule is CC1(C)OB(c2cc(NC(=O)NCC(F)(F)F)ccc2F)OC1(C)C.O=C(NCC(F)(F)F)Nc1ccc(F)c(Cl)c1. The molecular weight excluding hydrogens is 607 g/mol. The zero-order valence-corrected chi connectivity index (χ0v) is 23.2. The van der Waals surface area contributed by atoms with Gasteiger partial charge in [0.2, 0.25) is 0 Å². The first kappa shape index (κ1) is 34.9. The van der Waals surface area contributed by atoms with E-state index in [1.807, 2.05) is 0 Å². The predicted molar refractivity (Wildman–Crippen MR) is 140 cm³/mol. The van der Waals surface area contributed by atoms with Gasteiger partial charge in [0.05, 0.1) is 16.2 Å². The van der Waals surface area contributed by atoms with Gasteiger partial charge in [-0.15, -0.1) is 0 Å². The number of urea groups is 2. The molecule has 0 radical (unpaired) electrons. The molecule has 0 aromatic heterocycles. The minimum Gasteiger partial charge on any atom is -0.399 e. The Hall–Kier alpha value is -3.31. The van der Waals surface area contributed by atoms with Crippen LogP contribution >= 0.6 is 11.6 Å². The number of benzene rings is 2. The summed E-state index contributed by atoms with van der Waals surface area (Å²) in [6, 6.07) is 4.73. The van der Waals surface area contributed by atoms with E-state index in [4.69, 9.17) is 20.9 Å². The summed E-state index contributed by atoms with van der Waals surface area (Å²) in [5.41, 5.74) is -1.11. The van der Waals surface area contributed by atoms with E-state index in [2.05, 4.69) is 10.6 Å². The van der Waals surface area contributed by atoms with E-state index in [9.17, 15) is 44.7 Å². The molecule has 1 saturated heterocycles. The Morgan fingerprint density at radius 3 is 1.57 bits per heavy atom. The lowest BCUT2D eigenvalue weighted by Gasteiger charge is -2.32. The van der Waals surface area contributed by atoms with E-state index in [1.54, 1.807) is 38.3 Å². The molecule has 2 aromatic carbocycles. The first-order valence-corrected chi connectivity index (χ1v) is 12.3. The Labute approximate surface area is 240 Å². The standard InChI is InChI=1S/C15H19BF4N2O3.C9H7ClF4N2O/c1-13(2)14(3,4)25-16(24-13)10-7-9(5-6-11(10)17)22-12(23)21-8-15(18,19)20;10-6-3-5(1-2-7(6)11)16-8(17)15-4-9(12,13)14/h5-7H,8H2,1-4H3,(H2,21,22,23);1-3H,4H2,(H2,15,16,17). The van der Waals surface area contributed by atoms with Crippen LogP contribution in [-0.2, 0) is 9.31 Å². The first-order valence-electron chi connectivity index (χ1n) is 11.9. The quantitative estimate of drug-likeness (QED) is 0.241. The highest BCUT2D eigenvalue weighted by molar-refractivity contribution is 6.62. The third-order valence-corrected chi connectivity index (χ3v) is 6.13. The molecule has 18 heteroatoms. The maximum absolute atomic E-state index is 14.1. The van der Waals surface area contributed by atoms with Crippen LogP contribution in [0.25, 0.3) is 0 Å². The zero-order valence-electron chi connectivity index (χ0n) is 22.5. The number of hydrogen-bond acceptors (Lipinski definition) is 4. The van der Waals surface area contributed by atoms with E-state index in [1.165, 1.54) is 18.2 Å². The van der Waals surface area contributed by atoms with Crippen molar-refractivity contribution in [1.82, 2.24) is 10.6 Å². The summed E-state index contributed by atoms with van der Waals surface area (Å²) in [6.45, 7) is 4.29. The molecule has 232 valence electrons. The molecule has 42 heavy (non-hydrogen) atoms.